The third-order valence-corrected chi connectivity index (χ3v) is 29.3. The SMILES string of the molecule is CCCc1ccc(-c2cccc3c2C=C(C)[CH]3[Zr+2]([CH]2C(C)=Cc3c(-c4ccc(CCC)cc4)cccc32)=[Si](C)C)cc1.[Cl-].[Cl-]. The molecule has 0 aliphatic heterocycles. The molecule has 0 saturated heterocycles. The van der Waals surface area contributed by atoms with E-state index in [1.54, 1.807) is 22.3 Å². The zero-order valence-corrected chi connectivity index (χ0v) is 31.9. The Kier molecular flexibility index (Phi) is 12.0. The Hall–Kier alpha value is -1.96. The average Bonchev–Trinajstić information content (AvgIpc) is 3.50. The first-order valence-corrected chi connectivity index (χ1v) is 24.9. The molecule has 2 aliphatic carbocycles. The number of aryl methyl sites for hydroxylation is 2. The Morgan fingerprint density at radius 3 is 1.30 bits per heavy atom. The van der Waals surface area contributed by atoms with Crippen molar-refractivity contribution in [2.24, 2.45) is 0 Å². The van der Waals surface area contributed by atoms with E-state index in [4.69, 9.17) is 0 Å². The van der Waals surface area contributed by atoms with Gasteiger partial charge in [0.1, 0.15) is 0 Å². The fraction of sp³-hybridized carbons (Fsp3) is 0.300. The normalized spacial score (nSPS) is 16.0. The van der Waals surface area contributed by atoms with Crippen LogP contribution in [0.15, 0.2) is 96.1 Å². The summed E-state index contributed by atoms with van der Waals surface area (Å²) in [6.45, 7) is 14.7. The van der Waals surface area contributed by atoms with Crippen molar-refractivity contribution < 1.29 is 45.2 Å². The Balaban J connectivity index is 0.00000221. The summed E-state index contributed by atoms with van der Waals surface area (Å²) in [5, 5.41) is 0. The predicted octanol–water partition coefficient (Wildman–Crippen LogP) is 5.42. The molecule has 4 heteroatoms. The number of hydrogen-bond acceptors (Lipinski definition) is 0. The third kappa shape index (κ3) is 6.62. The molecule has 0 aromatic heterocycles. The van der Waals surface area contributed by atoms with Crippen molar-refractivity contribution in [3.8, 4) is 22.3 Å². The summed E-state index contributed by atoms with van der Waals surface area (Å²) in [7, 11) is 0. The molecule has 6 rings (SSSR count). The van der Waals surface area contributed by atoms with Crippen LogP contribution in [-0.2, 0) is 33.2 Å². The zero-order valence-electron chi connectivity index (χ0n) is 27.0. The topological polar surface area (TPSA) is 0 Å². The maximum Gasteiger partial charge on any atom is -1.00 e. The van der Waals surface area contributed by atoms with Crippen molar-refractivity contribution in [2.75, 3.05) is 0 Å². The monoisotopic (exact) mass is 712 g/mol. The van der Waals surface area contributed by atoms with E-state index in [2.05, 4.69) is 138 Å². The molecule has 4 aromatic carbocycles. The fourth-order valence-electron chi connectivity index (χ4n) is 7.46. The van der Waals surface area contributed by atoms with Gasteiger partial charge in [-0.05, 0) is 0 Å². The summed E-state index contributed by atoms with van der Waals surface area (Å²) in [5.74, 6) is 0. The largest absolute Gasteiger partial charge is 1.00 e. The van der Waals surface area contributed by atoms with E-state index in [1.807, 2.05) is 0 Å². The van der Waals surface area contributed by atoms with E-state index in [0.717, 1.165) is 12.8 Å². The van der Waals surface area contributed by atoms with Crippen LogP contribution in [-0.4, -0.2) is 5.43 Å². The number of hydrogen-bond donors (Lipinski definition) is 0. The van der Waals surface area contributed by atoms with Crippen LogP contribution < -0.4 is 24.8 Å². The first-order valence-electron chi connectivity index (χ1n) is 15.9. The van der Waals surface area contributed by atoms with Gasteiger partial charge in [-0.3, -0.25) is 0 Å². The van der Waals surface area contributed by atoms with Crippen molar-refractivity contribution in [1.82, 2.24) is 0 Å². The zero-order chi connectivity index (χ0) is 29.4. The van der Waals surface area contributed by atoms with Gasteiger partial charge in [-0.1, -0.05) is 0 Å². The molecule has 0 nitrogen and oxygen atoms in total. The van der Waals surface area contributed by atoms with Crippen LogP contribution in [0, 0.1) is 0 Å². The Morgan fingerprint density at radius 2 is 0.955 bits per heavy atom. The summed E-state index contributed by atoms with van der Waals surface area (Å²) >= 11 is -2.09. The predicted molar refractivity (Wildman–Crippen MR) is 182 cm³/mol. The van der Waals surface area contributed by atoms with Crippen LogP contribution in [0.4, 0.5) is 0 Å². The molecule has 0 spiro atoms. The van der Waals surface area contributed by atoms with Gasteiger partial charge in [0, 0.05) is 0 Å². The Bertz CT molecular complexity index is 1600. The summed E-state index contributed by atoms with van der Waals surface area (Å²) in [5.41, 5.74) is 17.4. The van der Waals surface area contributed by atoms with Crippen LogP contribution in [0.5, 0.6) is 0 Å². The molecule has 2 aliphatic rings. The summed E-state index contributed by atoms with van der Waals surface area (Å²) in [6, 6.07) is 33.0. The van der Waals surface area contributed by atoms with Crippen molar-refractivity contribution in [2.45, 2.75) is 73.7 Å². The van der Waals surface area contributed by atoms with Gasteiger partial charge in [-0.15, -0.1) is 0 Å². The minimum absolute atomic E-state index is 0. The van der Waals surface area contributed by atoms with E-state index < -0.39 is 25.8 Å². The van der Waals surface area contributed by atoms with E-state index in [0.29, 0.717) is 7.25 Å². The molecule has 2 unspecified atom stereocenters. The number of benzene rings is 4. The van der Waals surface area contributed by atoms with Crippen molar-refractivity contribution >= 4 is 17.6 Å². The van der Waals surface area contributed by atoms with Gasteiger partial charge in [0.15, 0.2) is 0 Å². The van der Waals surface area contributed by atoms with Crippen molar-refractivity contribution in [3.05, 3.63) is 129 Å². The summed E-state index contributed by atoms with van der Waals surface area (Å²) in [4.78, 5) is 0. The Morgan fingerprint density at radius 1 is 0.568 bits per heavy atom. The van der Waals surface area contributed by atoms with Crippen molar-refractivity contribution in [1.29, 1.82) is 0 Å². The number of allylic oxidation sites excluding steroid dienone is 2. The molecule has 0 N–H and O–H groups in total. The third-order valence-electron chi connectivity index (χ3n) is 9.36. The molecule has 226 valence electrons. The van der Waals surface area contributed by atoms with Crippen LogP contribution in [0.1, 0.15) is 81.2 Å². The van der Waals surface area contributed by atoms with Gasteiger partial charge in [0.05, 0.1) is 0 Å². The second-order valence-electron chi connectivity index (χ2n) is 12.6. The van der Waals surface area contributed by atoms with E-state index in [1.165, 1.54) is 57.3 Å². The molecule has 4 aromatic rings. The number of fused-ring (bicyclic) bond motifs is 2. The van der Waals surface area contributed by atoms with Gasteiger partial charge in [-0.2, -0.15) is 0 Å². The fourth-order valence-corrected chi connectivity index (χ4v) is 28.2. The summed E-state index contributed by atoms with van der Waals surface area (Å²) < 4.78 is 1.31. The quantitative estimate of drug-likeness (QED) is 0.214. The van der Waals surface area contributed by atoms with Crippen LogP contribution in [0.25, 0.3) is 34.4 Å². The van der Waals surface area contributed by atoms with E-state index in [-0.39, 0.29) is 24.8 Å². The van der Waals surface area contributed by atoms with Gasteiger partial charge >= 0.3 is 263 Å². The molecule has 0 saturated carbocycles. The van der Waals surface area contributed by atoms with Crippen LogP contribution >= 0.6 is 0 Å². The Labute approximate surface area is 286 Å². The molecular formula is C40H44Cl2SiZr. The molecule has 0 radical (unpaired) electrons. The molecule has 0 bridgehead atoms. The molecule has 0 fully saturated rings. The minimum Gasteiger partial charge on any atom is -1.00 e. The van der Waals surface area contributed by atoms with E-state index >= 15 is 0 Å². The van der Waals surface area contributed by atoms with Crippen LogP contribution in [0.2, 0.25) is 13.1 Å². The second-order valence-corrected chi connectivity index (χ2v) is 30.5. The first kappa shape index (κ1) is 34.9. The van der Waals surface area contributed by atoms with Gasteiger partial charge in [0.25, 0.3) is 0 Å². The van der Waals surface area contributed by atoms with E-state index in [9.17, 15) is 0 Å². The number of halogens is 2. The summed E-state index contributed by atoms with van der Waals surface area (Å²) in [6.07, 6.45) is 9.82. The first-order chi connectivity index (χ1) is 20.4. The van der Waals surface area contributed by atoms with Gasteiger partial charge < -0.3 is 24.8 Å². The maximum absolute atomic E-state index is 2.63. The molecular weight excluding hydrogens is 671 g/mol. The standard InChI is InChI=1S/2C19H19.C2H6Si.2ClH.Zr/c2*1-3-5-15-8-10-16(11-9-15)18-7-4-6-17-12-14(2)13-19(17)18;1-3-2;;;/h2*4,6-13H,3,5H2,1-2H3;1-2H3;2*1H;/q;;;;;+2/p-2. The number of rotatable bonds is 8. The van der Waals surface area contributed by atoms with Crippen LogP contribution in [0.3, 0.4) is 0 Å². The maximum atomic E-state index is 2.63. The molecule has 44 heavy (non-hydrogen) atoms. The average molecular weight is 715 g/mol. The second kappa shape index (κ2) is 15.1. The molecule has 2 atom stereocenters. The molecule has 0 amide bonds. The van der Waals surface area contributed by atoms with Gasteiger partial charge in [0.2, 0.25) is 0 Å². The molecule has 0 heterocycles. The minimum atomic E-state index is -2.09. The van der Waals surface area contributed by atoms with Crippen molar-refractivity contribution in [3.63, 3.8) is 0 Å². The van der Waals surface area contributed by atoms with Gasteiger partial charge in [-0.25, -0.2) is 0 Å². The smallest absolute Gasteiger partial charge is 1.00 e.